The predicted molar refractivity (Wildman–Crippen MR) is 111 cm³/mol. The lowest BCUT2D eigenvalue weighted by Crippen LogP contribution is -2.36. The lowest BCUT2D eigenvalue weighted by molar-refractivity contribution is -0.0795. The Morgan fingerprint density at radius 2 is 1.93 bits per heavy atom. The molecule has 1 atom stereocenters. The van der Waals surface area contributed by atoms with Gasteiger partial charge < -0.3 is 14.8 Å². The first kappa shape index (κ1) is 20.0. The fraction of sp³-hybridized carbons (Fsp3) is 0.417. The SMILES string of the molecule is CCC1(CCO)OCCc2c1[nH]c1c(C(C)C)cc(-c3ccc(F)c(F)c3)cc21. The molecule has 0 bridgehead atoms. The Kier molecular flexibility index (Phi) is 5.21. The molecule has 5 heteroatoms. The highest BCUT2D eigenvalue weighted by Gasteiger charge is 2.38. The molecule has 1 aromatic heterocycles. The van der Waals surface area contributed by atoms with Crippen molar-refractivity contribution >= 4 is 10.9 Å². The zero-order chi connectivity index (χ0) is 20.8. The van der Waals surface area contributed by atoms with Gasteiger partial charge in [0.25, 0.3) is 0 Å². The summed E-state index contributed by atoms with van der Waals surface area (Å²) >= 11 is 0. The average molecular weight is 399 g/mol. The van der Waals surface area contributed by atoms with Crippen molar-refractivity contribution in [2.24, 2.45) is 0 Å². The average Bonchev–Trinajstić information content (AvgIpc) is 3.09. The van der Waals surface area contributed by atoms with Crippen LogP contribution in [-0.4, -0.2) is 23.3 Å². The highest BCUT2D eigenvalue weighted by atomic mass is 19.2. The van der Waals surface area contributed by atoms with E-state index in [0.717, 1.165) is 40.6 Å². The maximum atomic E-state index is 13.9. The van der Waals surface area contributed by atoms with E-state index in [2.05, 4.69) is 37.9 Å². The molecule has 3 nitrogen and oxygen atoms in total. The van der Waals surface area contributed by atoms with Crippen LogP contribution in [0.2, 0.25) is 0 Å². The van der Waals surface area contributed by atoms with Gasteiger partial charge in [-0.15, -0.1) is 0 Å². The molecule has 2 aromatic carbocycles. The number of halogens is 2. The second-order valence-corrected chi connectivity index (χ2v) is 8.17. The van der Waals surface area contributed by atoms with Crippen LogP contribution in [0.3, 0.4) is 0 Å². The molecule has 0 aliphatic carbocycles. The monoisotopic (exact) mass is 399 g/mol. The van der Waals surface area contributed by atoms with Crippen LogP contribution in [0.5, 0.6) is 0 Å². The smallest absolute Gasteiger partial charge is 0.159 e. The van der Waals surface area contributed by atoms with Gasteiger partial charge in [-0.3, -0.25) is 0 Å². The van der Waals surface area contributed by atoms with E-state index in [1.807, 2.05) is 0 Å². The molecule has 29 heavy (non-hydrogen) atoms. The highest BCUT2D eigenvalue weighted by Crippen LogP contribution is 2.44. The fourth-order valence-corrected chi connectivity index (χ4v) is 4.58. The molecule has 1 aliphatic heterocycles. The number of aromatic amines is 1. The van der Waals surface area contributed by atoms with Crippen molar-refractivity contribution in [3.8, 4) is 11.1 Å². The predicted octanol–water partition coefficient (Wildman–Crippen LogP) is 5.80. The Balaban J connectivity index is 1.98. The van der Waals surface area contributed by atoms with Gasteiger partial charge in [0.15, 0.2) is 11.6 Å². The molecule has 0 spiro atoms. The van der Waals surface area contributed by atoms with Gasteiger partial charge in [0.2, 0.25) is 0 Å². The standard InChI is InChI=1S/C24H27F2NO2/c1-4-24(8-9-28)23-17(7-10-29-24)19-12-16(11-18(14(2)3)22(19)27-23)15-5-6-20(25)21(26)13-15/h5-6,11-14,27-28H,4,7-10H2,1-3H3. The first-order valence-corrected chi connectivity index (χ1v) is 10.3. The Hall–Kier alpha value is -2.24. The van der Waals surface area contributed by atoms with Crippen molar-refractivity contribution in [2.45, 2.75) is 51.6 Å². The van der Waals surface area contributed by atoms with Gasteiger partial charge in [-0.05, 0) is 65.3 Å². The molecule has 1 unspecified atom stereocenters. The Bertz CT molecular complexity index is 1060. The summed E-state index contributed by atoms with van der Waals surface area (Å²) in [5, 5.41) is 10.7. The van der Waals surface area contributed by atoms with Gasteiger partial charge in [0.05, 0.1) is 12.3 Å². The van der Waals surface area contributed by atoms with E-state index in [4.69, 9.17) is 4.74 Å². The third-order valence-electron chi connectivity index (χ3n) is 6.19. The largest absolute Gasteiger partial charge is 0.396 e. The lowest BCUT2D eigenvalue weighted by atomic mass is 9.86. The molecule has 0 saturated carbocycles. The van der Waals surface area contributed by atoms with Crippen LogP contribution in [0.1, 0.15) is 56.4 Å². The number of H-pyrrole nitrogens is 1. The van der Waals surface area contributed by atoms with Gasteiger partial charge >= 0.3 is 0 Å². The second-order valence-electron chi connectivity index (χ2n) is 8.17. The number of benzene rings is 2. The maximum absolute atomic E-state index is 13.9. The summed E-state index contributed by atoms with van der Waals surface area (Å²) in [7, 11) is 0. The maximum Gasteiger partial charge on any atom is 0.159 e. The summed E-state index contributed by atoms with van der Waals surface area (Å²) in [6, 6.07) is 8.17. The normalized spacial score (nSPS) is 19.1. The number of nitrogens with one attached hydrogen (secondary N) is 1. The number of aliphatic hydroxyl groups is 1. The minimum absolute atomic E-state index is 0.0553. The van der Waals surface area contributed by atoms with E-state index in [0.29, 0.717) is 18.6 Å². The summed E-state index contributed by atoms with van der Waals surface area (Å²) in [5.74, 6) is -1.43. The minimum Gasteiger partial charge on any atom is -0.396 e. The molecule has 0 radical (unpaired) electrons. The van der Waals surface area contributed by atoms with Crippen molar-refractivity contribution in [1.82, 2.24) is 4.98 Å². The van der Waals surface area contributed by atoms with Gasteiger partial charge in [-0.25, -0.2) is 8.78 Å². The van der Waals surface area contributed by atoms with Gasteiger partial charge in [-0.1, -0.05) is 26.8 Å². The summed E-state index contributed by atoms with van der Waals surface area (Å²) in [6.45, 7) is 6.98. The number of aliphatic hydroxyl groups excluding tert-OH is 1. The number of hydrogen-bond acceptors (Lipinski definition) is 2. The van der Waals surface area contributed by atoms with E-state index in [9.17, 15) is 13.9 Å². The molecule has 4 rings (SSSR count). The Morgan fingerprint density at radius 1 is 1.14 bits per heavy atom. The van der Waals surface area contributed by atoms with Crippen molar-refractivity contribution in [3.63, 3.8) is 0 Å². The van der Waals surface area contributed by atoms with Crippen molar-refractivity contribution in [2.75, 3.05) is 13.2 Å². The van der Waals surface area contributed by atoms with E-state index < -0.39 is 17.2 Å². The molecule has 154 valence electrons. The van der Waals surface area contributed by atoms with Crippen LogP contribution in [0.15, 0.2) is 30.3 Å². The quantitative estimate of drug-likeness (QED) is 0.570. The van der Waals surface area contributed by atoms with Gasteiger partial charge in [-0.2, -0.15) is 0 Å². The first-order valence-electron chi connectivity index (χ1n) is 10.3. The fourth-order valence-electron chi connectivity index (χ4n) is 4.58. The van der Waals surface area contributed by atoms with Crippen LogP contribution in [0.4, 0.5) is 8.78 Å². The lowest BCUT2D eigenvalue weighted by Gasteiger charge is -2.36. The van der Waals surface area contributed by atoms with E-state index in [1.165, 1.54) is 17.7 Å². The van der Waals surface area contributed by atoms with Crippen molar-refractivity contribution in [1.29, 1.82) is 0 Å². The molecule has 0 saturated heterocycles. The van der Waals surface area contributed by atoms with Crippen LogP contribution < -0.4 is 0 Å². The number of fused-ring (bicyclic) bond motifs is 3. The number of aromatic nitrogens is 1. The Labute approximate surface area is 169 Å². The topological polar surface area (TPSA) is 45.2 Å². The van der Waals surface area contributed by atoms with Crippen LogP contribution in [0.25, 0.3) is 22.0 Å². The number of hydrogen-bond donors (Lipinski definition) is 2. The van der Waals surface area contributed by atoms with Crippen molar-refractivity contribution in [3.05, 3.63) is 58.8 Å². The molecule has 0 fully saturated rings. The summed E-state index contributed by atoms with van der Waals surface area (Å²) < 4.78 is 33.5. The molecule has 1 aliphatic rings. The molecular weight excluding hydrogens is 372 g/mol. The third-order valence-corrected chi connectivity index (χ3v) is 6.19. The summed E-state index contributed by atoms with van der Waals surface area (Å²) in [6.07, 6.45) is 2.08. The van der Waals surface area contributed by atoms with Crippen LogP contribution in [-0.2, 0) is 16.8 Å². The molecule has 2 N–H and O–H groups in total. The van der Waals surface area contributed by atoms with Crippen molar-refractivity contribution < 1.29 is 18.6 Å². The zero-order valence-electron chi connectivity index (χ0n) is 17.1. The van der Waals surface area contributed by atoms with Gasteiger partial charge in [0, 0.05) is 23.9 Å². The van der Waals surface area contributed by atoms with Crippen LogP contribution in [0, 0.1) is 11.6 Å². The van der Waals surface area contributed by atoms with Gasteiger partial charge in [0.1, 0.15) is 5.60 Å². The van der Waals surface area contributed by atoms with E-state index >= 15 is 0 Å². The minimum atomic E-state index is -0.842. The first-order chi connectivity index (χ1) is 13.9. The zero-order valence-corrected chi connectivity index (χ0v) is 17.1. The van der Waals surface area contributed by atoms with E-state index in [-0.39, 0.29) is 12.5 Å². The molecule has 2 heterocycles. The molecule has 3 aromatic rings. The molecule has 0 amide bonds. The molecular formula is C24H27F2NO2. The van der Waals surface area contributed by atoms with E-state index in [1.54, 1.807) is 6.07 Å². The number of rotatable bonds is 5. The highest BCUT2D eigenvalue weighted by molar-refractivity contribution is 5.92. The number of ether oxygens (including phenoxy) is 1. The summed E-state index contributed by atoms with van der Waals surface area (Å²) in [4.78, 5) is 3.62. The Morgan fingerprint density at radius 3 is 2.59 bits per heavy atom. The second kappa shape index (κ2) is 7.54. The van der Waals surface area contributed by atoms with Crippen LogP contribution >= 0.6 is 0 Å². The third kappa shape index (κ3) is 3.26. The summed E-state index contributed by atoms with van der Waals surface area (Å²) in [5.41, 5.74) is 5.46.